The van der Waals surface area contributed by atoms with Gasteiger partial charge in [-0.2, -0.15) is 0 Å². The van der Waals surface area contributed by atoms with Crippen molar-refractivity contribution >= 4 is 34.2 Å². The van der Waals surface area contributed by atoms with Gasteiger partial charge in [0.25, 0.3) is 0 Å². The van der Waals surface area contributed by atoms with Gasteiger partial charge in [0.15, 0.2) is 5.57 Å². The fourth-order valence-electron chi connectivity index (χ4n) is 2.80. The van der Waals surface area contributed by atoms with Crippen LogP contribution >= 0.6 is 0 Å². The monoisotopic (exact) mass is 382 g/mol. The molecule has 0 fully saturated rings. The van der Waals surface area contributed by atoms with Crippen LogP contribution in [0.5, 0.6) is 0 Å². The van der Waals surface area contributed by atoms with Crippen molar-refractivity contribution in [2.45, 2.75) is 13.8 Å². The molecule has 0 aliphatic rings. The van der Waals surface area contributed by atoms with Crippen molar-refractivity contribution in [2.24, 2.45) is 0 Å². The minimum Gasteiger partial charge on any atom is -0.477 e. The number of carbonyl (C=O) groups is 2. The average Bonchev–Trinajstić information content (AvgIpc) is 3.06. The predicted octanol–water partition coefficient (Wildman–Crippen LogP) is 4.29. The maximum absolute atomic E-state index is 13.5. The van der Waals surface area contributed by atoms with E-state index in [-0.39, 0.29) is 6.61 Å². The number of hydrogen-bond donors (Lipinski definition) is 2. The number of aryl methyl sites for hydroxylation is 1. The Labute approximate surface area is 160 Å². The number of hydrogen-bond acceptors (Lipinski definition) is 4. The van der Waals surface area contributed by atoms with E-state index in [0.717, 1.165) is 5.56 Å². The van der Waals surface area contributed by atoms with Crippen molar-refractivity contribution in [3.63, 3.8) is 0 Å². The molecule has 1 aromatic heterocycles. The number of fused-ring (bicyclic) bond motifs is 1. The molecule has 6 nitrogen and oxygen atoms in total. The number of benzene rings is 2. The average molecular weight is 382 g/mol. The molecule has 28 heavy (non-hydrogen) atoms. The highest BCUT2D eigenvalue weighted by Crippen LogP contribution is 2.34. The Morgan fingerprint density at radius 2 is 1.93 bits per heavy atom. The van der Waals surface area contributed by atoms with E-state index in [1.165, 1.54) is 18.3 Å². The van der Waals surface area contributed by atoms with Gasteiger partial charge in [-0.1, -0.05) is 17.7 Å². The molecule has 0 amide bonds. The van der Waals surface area contributed by atoms with E-state index in [9.17, 15) is 19.1 Å². The number of rotatable bonds is 6. The van der Waals surface area contributed by atoms with E-state index in [0.29, 0.717) is 22.3 Å². The molecule has 0 radical (unpaired) electrons. The fourth-order valence-corrected chi connectivity index (χ4v) is 2.80. The van der Waals surface area contributed by atoms with Crippen molar-refractivity contribution in [1.29, 1.82) is 0 Å². The molecule has 2 N–H and O–H groups in total. The van der Waals surface area contributed by atoms with Gasteiger partial charge in [-0.05, 0) is 44.2 Å². The lowest BCUT2D eigenvalue weighted by molar-refractivity contribution is -0.143. The molecule has 1 heterocycles. The van der Waals surface area contributed by atoms with E-state index < -0.39 is 23.3 Å². The summed E-state index contributed by atoms with van der Waals surface area (Å²) >= 11 is 0. The smallest absolute Gasteiger partial charge is 0.347 e. The maximum atomic E-state index is 13.5. The molecule has 2 aromatic carbocycles. The summed E-state index contributed by atoms with van der Waals surface area (Å²) in [6.45, 7) is 3.59. The van der Waals surface area contributed by atoms with E-state index in [1.807, 2.05) is 19.1 Å². The van der Waals surface area contributed by atoms with Gasteiger partial charge in [0.2, 0.25) is 0 Å². The third kappa shape index (κ3) is 3.88. The van der Waals surface area contributed by atoms with Crippen LogP contribution < -0.4 is 4.90 Å². The molecular formula is C21H19FN2O4. The van der Waals surface area contributed by atoms with Crippen LogP contribution in [0.2, 0.25) is 0 Å². The van der Waals surface area contributed by atoms with Gasteiger partial charge in [-0.15, -0.1) is 0 Å². The number of aromatic nitrogens is 1. The first-order chi connectivity index (χ1) is 13.4. The maximum Gasteiger partial charge on any atom is 0.347 e. The van der Waals surface area contributed by atoms with Crippen molar-refractivity contribution in [3.05, 3.63) is 71.8 Å². The Bertz CT molecular complexity index is 1050. The summed E-state index contributed by atoms with van der Waals surface area (Å²) in [5, 5.41) is 10.2. The highest BCUT2D eigenvalue weighted by atomic mass is 19.1. The van der Waals surface area contributed by atoms with Gasteiger partial charge in [-0.25, -0.2) is 14.0 Å². The molecule has 0 saturated heterocycles. The fraction of sp³-hybridized carbons (Fsp3) is 0.143. The summed E-state index contributed by atoms with van der Waals surface area (Å²) < 4.78 is 18.4. The molecule has 0 spiro atoms. The van der Waals surface area contributed by atoms with Crippen molar-refractivity contribution < 1.29 is 23.8 Å². The van der Waals surface area contributed by atoms with Crippen LogP contribution in [0.25, 0.3) is 10.9 Å². The number of aromatic amines is 1. The van der Waals surface area contributed by atoms with Gasteiger partial charge in [0.1, 0.15) is 5.82 Å². The van der Waals surface area contributed by atoms with E-state index in [4.69, 9.17) is 4.74 Å². The molecule has 144 valence electrons. The van der Waals surface area contributed by atoms with E-state index in [1.54, 1.807) is 36.2 Å². The van der Waals surface area contributed by atoms with Crippen LogP contribution in [0.3, 0.4) is 0 Å². The van der Waals surface area contributed by atoms with E-state index in [2.05, 4.69) is 4.98 Å². The second-order valence-electron chi connectivity index (χ2n) is 6.14. The van der Waals surface area contributed by atoms with Gasteiger partial charge in [0, 0.05) is 23.5 Å². The SMILES string of the molecule is CCOC(=O)/C(=C\N(c1ccc(C)cc1)c1c[nH]c2cc(F)ccc12)C(=O)O. The third-order valence-corrected chi connectivity index (χ3v) is 4.18. The highest BCUT2D eigenvalue weighted by molar-refractivity contribution is 6.14. The normalized spacial score (nSPS) is 11.5. The zero-order valence-electron chi connectivity index (χ0n) is 15.4. The lowest BCUT2D eigenvalue weighted by Crippen LogP contribution is -2.20. The molecule has 0 unspecified atom stereocenters. The number of esters is 1. The summed E-state index contributed by atoms with van der Waals surface area (Å²) in [7, 11) is 0. The molecule has 0 aliphatic heterocycles. The minimum atomic E-state index is -1.40. The second kappa shape index (κ2) is 7.96. The van der Waals surface area contributed by atoms with Crippen LogP contribution in [0.4, 0.5) is 15.8 Å². The molecular weight excluding hydrogens is 363 g/mol. The number of anilines is 2. The Balaban J connectivity index is 2.19. The zero-order chi connectivity index (χ0) is 20.3. The Kier molecular flexibility index (Phi) is 5.44. The van der Waals surface area contributed by atoms with Crippen molar-refractivity contribution in [3.8, 4) is 0 Å². The lowest BCUT2D eigenvalue weighted by atomic mass is 10.1. The number of carbonyl (C=O) groups excluding carboxylic acids is 1. The zero-order valence-corrected chi connectivity index (χ0v) is 15.4. The number of aliphatic carboxylic acids is 1. The molecule has 0 atom stereocenters. The number of halogens is 1. The first-order valence-electron chi connectivity index (χ1n) is 8.65. The molecule has 0 saturated carbocycles. The van der Waals surface area contributed by atoms with Crippen LogP contribution in [0, 0.1) is 12.7 Å². The van der Waals surface area contributed by atoms with Gasteiger partial charge >= 0.3 is 11.9 Å². The summed E-state index contributed by atoms with van der Waals surface area (Å²) in [6, 6.07) is 11.6. The molecule has 3 rings (SSSR count). The van der Waals surface area contributed by atoms with Crippen LogP contribution in [-0.2, 0) is 14.3 Å². The Morgan fingerprint density at radius 3 is 2.57 bits per heavy atom. The van der Waals surface area contributed by atoms with Gasteiger partial charge < -0.3 is 19.7 Å². The molecule has 0 aliphatic carbocycles. The number of carboxylic acid groups (broad SMARTS) is 1. The molecule has 3 aromatic rings. The summed E-state index contributed by atoms with van der Waals surface area (Å²) in [6.07, 6.45) is 2.85. The highest BCUT2D eigenvalue weighted by Gasteiger charge is 2.22. The van der Waals surface area contributed by atoms with Gasteiger partial charge in [-0.3, -0.25) is 0 Å². The number of nitrogens with one attached hydrogen (secondary N) is 1. The quantitative estimate of drug-likeness (QED) is 0.288. The predicted molar refractivity (Wildman–Crippen MR) is 104 cm³/mol. The Morgan fingerprint density at radius 1 is 1.21 bits per heavy atom. The molecule has 7 heteroatoms. The summed E-state index contributed by atoms with van der Waals surface area (Å²) in [5.41, 5.74) is 2.27. The number of carboxylic acids is 1. The Hall–Kier alpha value is -3.61. The third-order valence-electron chi connectivity index (χ3n) is 4.18. The van der Waals surface area contributed by atoms with Crippen LogP contribution in [-0.4, -0.2) is 28.6 Å². The molecule has 0 bridgehead atoms. The number of ether oxygens (including phenoxy) is 1. The summed E-state index contributed by atoms with van der Waals surface area (Å²) in [5.74, 6) is -2.73. The standard InChI is InChI=1S/C21H19FN2O4/c1-3-28-21(27)17(20(25)26)12-24(15-7-4-13(2)5-8-15)19-11-23-18-10-14(22)6-9-16(18)19/h4-12,23H,3H2,1-2H3,(H,25,26)/b17-12-. The van der Waals surface area contributed by atoms with E-state index >= 15 is 0 Å². The largest absolute Gasteiger partial charge is 0.477 e. The van der Waals surface area contributed by atoms with Crippen LogP contribution in [0.1, 0.15) is 12.5 Å². The van der Waals surface area contributed by atoms with Crippen molar-refractivity contribution in [2.75, 3.05) is 11.5 Å². The van der Waals surface area contributed by atoms with Gasteiger partial charge in [0.05, 0.1) is 17.8 Å². The topological polar surface area (TPSA) is 82.6 Å². The number of H-pyrrole nitrogens is 1. The number of nitrogens with zero attached hydrogens (tertiary/aromatic N) is 1. The minimum absolute atomic E-state index is 0.0559. The van der Waals surface area contributed by atoms with Crippen LogP contribution in [0.15, 0.2) is 60.4 Å². The van der Waals surface area contributed by atoms with Crippen molar-refractivity contribution in [1.82, 2.24) is 4.98 Å². The lowest BCUT2D eigenvalue weighted by Gasteiger charge is -2.21. The summed E-state index contributed by atoms with van der Waals surface area (Å²) in [4.78, 5) is 28.3. The second-order valence-corrected chi connectivity index (χ2v) is 6.14. The first kappa shape index (κ1) is 19.2. The first-order valence-corrected chi connectivity index (χ1v) is 8.65.